The quantitative estimate of drug-likeness (QED) is 0.865. The highest BCUT2D eigenvalue weighted by Gasteiger charge is 2.08. The van der Waals surface area contributed by atoms with E-state index in [9.17, 15) is 0 Å². The van der Waals surface area contributed by atoms with Crippen LogP contribution in [0.3, 0.4) is 0 Å². The van der Waals surface area contributed by atoms with Gasteiger partial charge in [-0.3, -0.25) is 0 Å². The van der Waals surface area contributed by atoms with Crippen LogP contribution in [0.2, 0.25) is 0 Å². The first kappa shape index (κ1) is 11.2. The summed E-state index contributed by atoms with van der Waals surface area (Å²) in [7, 11) is 0. The average Bonchev–Trinajstić information content (AvgIpc) is 2.64. The number of rotatable bonds is 1. The summed E-state index contributed by atoms with van der Waals surface area (Å²) in [5, 5.41) is 8.85. The first-order chi connectivity index (χ1) is 7.61. The molecule has 0 unspecified atom stereocenters. The van der Waals surface area contributed by atoms with Crippen LogP contribution in [0.1, 0.15) is 10.4 Å². The smallest absolute Gasteiger partial charge is 0.128 e. The number of nitrogens with zero attached hydrogens (tertiary/aromatic N) is 1. The predicted octanol–water partition coefficient (Wildman–Crippen LogP) is 3.94. The SMILES string of the molecule is Cc1cc(-c2cc(N)c(C#N)s2)ccc1Br. The van der Waals surface area contributed by atoms with Crippen LogP contribution in [-0.2, 0) is 0 Å². The normalized spacial score (nSPS) is 10.1. The van der Waals surface area contributed by atoms with E-state index in [1.807, 2.05) is 25.1 Å². The number of thiophene rings is 1. The van der Waals surface area contributed by atoms with Gasteiger partial charge < -0.3 is 5.73 Å². The zero-order valence-corrected chi connectivity index (χ0v) is 11.0. The van der Waals surface area contributed by atoms with Crippen LogP contribution in [0.4, 0.5) is 5.69 Å². The van der Waals surface area contributed by atoms with Crippen molar-refractivity contribution in [2.75, 3.05) is 5.73 Å². The second kappa shape index (κ2) is 4.28. The van der Waals surface area contributed by atoms with Gasteiger partial charge in [0.05, 0.1) is 5.69 Å². The topological polar surface area (TPSA) is 49.8 Å². The highest BCUT2D eigenvalue weighted by molar-refractivity contribution is 9.10. The molecule has 1 aromatic heterocycles. The van der Waals surface area contributed by atoms with Crippen LogP contribution in [0.15, 0.2) is 28.7 Å². The second-order valence-corrected chi connectivity index (χ2v) is 5.38. The van der Waals surface area contributed by atoms with Gasteiger partial charge in [-0.2, -0.15) is 5.26 Å². The number of benzene rings is 1. The summed E-state index contributed by atoms with van der Waals surface area (Å²) in [6, 6.07) is 10.1. The molecule has 0 aliphatic rings. The Hall–Kier alpha value is -1.31. The molecule has 0 fully saturated rings. The van der Waals surface area contributed by atoms with E-state index in [-0.39, 0.29) is 0 Å². The number of nitriles is 1. The van der Waals surface area contributed by atoms with E-state index >= 15 is 0 Å². The molecule has 80 valence electrons. The van der Waals surface area contributed by atoms with Crippen molar-refractivity contribution in [2.24, 2.45) is 0 Å². The van der Waals surface area contributed by atoms with Gasteiger partial charge in [0.25, 0.3) is 0 Å². The van der Waals surface area contributed by atoms with Crippen molar-refractivity contribution in [1.29, 1.82) is 5.26 Å². The third kappa shape index (κ3) is 1.97. The van der Waals surface area contributed by atoms with E-state index in [1.54, 1.807) is 0 Å². The Labute approximate surface area is 106 Å². The first-order valence-corrected chi connectivity index (χ1v) is 6.28. The van der Waals surface area contributed by atoms with Crippen LogP contribution < -0.4 is 5.73 Å². The average molecular weight is 293 g/mol. The molecule has 0 atom stereocenters. The maximum Gasteiger partial charge on any atom is 0.128 e. The van der Waals surface area contributed by atoms with Gasteiger partial charge in [0, 0.05) is 9.35 Å². The molecule has 0 amide bonds. The lowest BCUT2D eigenvalue weighted by molar-refractivity contribution is 1.44. The van der Waals surface area contributed by atoms with Crippen molar-refractivity contribution in [3.63, 3.8) is 0 Å². The summed E-state index contributed by atoms with van der Waals surface area (Å²) in [6.07, 6.45) is 0. The Kier molecular flexibility index (Phi) is 2.99. The maximum atomic E-state index is 8.85. The Morgan fingerprint density at radius 3 is 2.69 bits per heavy atom. The Morgan fingerprint density at radius 2 is 2.12 bits per heavy atom. The van der Waals surface area contributed by atoms with Gasteiger partial charge in [-0.05, 0) is 36.2 Å². The largest absolute Gasteiger partial charge is 0.397 e. The molecule has 1 heterocycles. The molecule has 2 aromatic rings. The van der Waals surface area contributed by atoms with Gasteiger partial charge in [-0.25, -0.2) is 0 Å². The van der Waals surface area contributed by atoms with Crippen molar-refractivity contribution < 1.29 is 0 Å². The fourth-order valence-corrected chi connectivity index (χ4v) is 2.55. The lowest BCUT2D eigenvalue weighted by atomic mass is 10.1. The summed E-state index contributed by atoms with van der Waals surface area (Å²) in [5.41, 5.74) is 8.56. The van der Waals surface area contributed by atoms with Crippen molar-refractivity contribution in [3.8, 4) is 16.5 Å². The molecule has 0 saturated carbocycles. The van der Waals surface area contributed by atoms with Crippen molar-refractivity contribution in [3.05, 3.63) is 39.2 Å². The zero-order valence-electron chi connectivity index (χ0n) is 8.62. The fourth-order valence-electron chi connectivity index (χ4n) is 1.43. The number of aryl methyl sites for hydroxylation is 1. The minimum atomic E-state index is 0.558. The summed E-state index contributed by atoms with van der Waals surface area (Å²) < 4.78 is 1.08. The van der Waals surface area contributed by atoms with Crippen LogP contribution in [0.25, 0.3) is 10.4 Å². The van der Waals surface area contributed by atoms with E-state index < -0.39 is 0 Å². The van der Waals surface area contributed by atoms with Gasteiger partial charge in [0.2, 0.25) is 0 Å². The van der Waals surface area contributed by atoms with E-state index in [0.717, 1.165) is 14.9 Å². The lowest BCUT2D eigenvalue weighted by Crippen LogP contribution is -1.81. The fraction of sp³-hybridized carbons (Fsp3) is 0.0833. The summed E-state index contributed by atoms with van der Waals surface area (Å²) in [5.74, 6) is 0. The standard InChI is InChI=1S/C12H9BrN2S/c1-7-4-8(2-3-9(7)13)11-5-10(15)12(6-14)16-11/h2-5H,15H2,1H3. The summed E-state index contributed by atoms with van der Waals surface area (Å²) >= 11 is 4.89. The molecular formula is C12H9BrN2S. The molecule has 2 rings (SSSR count). The van der Waals surface area contributed by atoms with Crippen LogP contribution in [-0.4, -0.2) is 0 Å². The molecule has 0 radical (unpaired) electrons. The van der Waals surface area contributed by atoms with E-state index in [0.29, 0.717) is 10.6 Å². The van der Waals surface area contributed by atoms with Gasteiger partial charge in [-0.15, -0.1) is 11.3 Å². The first-order valence-electron chi connectivity index (χ1n) is 4.67. The molecule has 0 spiro atoms. The highest BCUT2D eigenvalue weighted by atomic mass is 79.9. The van der Waals surface area contributed by atoms with E-state index in [2.05, 4.69) is 28.1 Å². The highest BCUT2D eigenvalue weighted by Crippen LogP contribution is 2.34. The Morgan fingerprint density at radius 1 is 1.38 bits per heavy atom. The molecular weight excluding hydrogens is 284 g/mol. The van der Waals surface area contributed by atoms with Crippen LogP contribution >= 0.6 is 27.3 Å². The predicted molar refractivity (Wildman–Crippen MR) is 71.3 cm³/mol. The number of nitrogens with two attached hydrogens (primary N) is 1. The second-order valence-electron chi connectivity index (χ2n) is 3.47. The molecule has 1 aromatic carbocycles. The third-order valence-electron chi connectivity index (χ3n) is 2.30. The molecule has 0 aliphatic carbocycles. The number of halogens is 1. The monoisotopic (exact) mass is 292 g/mol. The molecule has 0 aliphatic heterocycles. The summed E-state index contributed by atoms with van der Waals surface area (Å²) in [4.78, 5) is 1.61. The molecule has 0 bridgehead atoms. The number of hydrogen-bond acceptors (Lipinski definition) is 3. The number of hydrogen-bond donors (Lipinski definition) is 1. The number of anilines is 1. The molecule has 16 heavy (non-hydrogen) atoms. The number of nitrogen functional groups attached to an aromatic ring is 1. The summed E-state index contributed by atoms with van der Waals surface area (Å²) in [6.45, 7) is 2.04. The zero-order chi connectivity index (χ0) is 11.7. The van der Waals surface area contributed by atoms with Crippen LogP contribution in [0.5, 0.6) is 0 Å². The van der Waals surface area contributed by atoms with Gasteiger partial charge >= 0.3 is 0 Å². The molecule has 4 heteroatoms. The molecule has 2 N–H and O–H groups in total. The van der Waals surface area contributed by atoms with Crippen LogP contribution in [0, 0.1) is 18.3 Å². The minimum absolute atomic E-state index is 0.558. The van der Waals surface area contributed by atoms with E-state index in [4.69, 9.17) is 11.0 Å². The van der Waals surface area contributed by atoms with Crippen molar-refractivity contribution in [2.45, 2.75) is 6.92 Å². The van der Waals surface area contributed by atoms with E-state index in [1.165, 1.54) is 16.9 Å². The van der Waals surface area contributed by atoms with Gasteiger partial charge in [0.15, 0.2) is 0 Å². The lowest BCUT2D eigenvalue weighted by Gasteiger charge is -2.01. The van der Waals surface area contributed by atoms with Crippen molar-refractivity contribution >= 4 is 33.0 Å². The maximum absolute atomic E-state index is 8.85. The van der Waals surface area contributed by atoms with Crippen molar-refractivity contribution in [1.82, 2.24) is 0 Å². The third-order valence-corrected chi connectivity index (χ3v) is 4.30. The Balaban J connectivity index is 2.51. The molecule has 0 saturated heterocycles. The van der Waals surface area contributed by atoms with Gasteiger partial charge in [-0.1, -0.05) is 22.0 Å². The molecule has 2 nitrogen and oxygen atoms in total. The Bertz CT molecular complexity index is 581. The minimum Gasteiger partial charge on any atom is -0.397 e. The van der Waals surface area contributed by atoms with Gasteiger partial charge in [0.1, 0.15) is 10.9 Å².